The fourth-order valence-corrected chi connectivity index (χ4v) is 7.71. The lowest BCUT2D eigenvalue weighted by atomic mass is 9.76. The first kappa shape index (κ1) is 39.9. The van der Waals surface area contributed by atoms with E-state index in [-0.39, 0.29) is 22.7 Å². The maximum Gasteiger partial charge on any atom is 0.269 e. The predicted molar refractivity (Wildman–Crippen MR) is 239 cm³/mol. The molecule has 0 aliphatic heterocycles. The Balaban J connectivity index is 1.65. The van der Waals surface area contributed by atoms with Gasteiger partial charge in [0.15, 0.2) is 0 Å². The van der Waals surface area contributed by atoms with Crippen molar-refractivity contribution in [3.8, 4) is 44.5 Å². The zero-order valence-corrected chi connectivity index (χ0v) is 32.5. The number of non-ortho nitro benzene ring substituents is 4. The summed E-state index contributed by atoms with van der Waals surface area (Å²) in [5, 5.41) is 47.8. The van der Waals surface area contributed by atoms with Crippen LogP contribution >= 0.6 is 0 Å². The van der Waals surface area contributed by atoms with Gasteiger partial charge < -0.3 is 0 Å². The molecule has 12 nitrogen and oxygen atoms in total. The maximum absolute atomic E-state index is 12.0. The second kappa shape index (κ2) is 17.1. The molecule has 8 aromatic carbocycles. The summed E-state index contributed by atoms with van der Waals surface area (Å²) >= 11 is 0. The lowest BCUT2D eigenvalue weighted by Crippen LogP contribution is -2.04. The lowest BCUT2D eigenvalue weighted by Gasteiger charge is -2.27. The fraction of sp³-hybridized carbons (Fsp3) is 0. The highest BCUT2D eigenvalue weighted by molar-refractivity contribution is 6.13. The van der Waals surface area contributed by atoms with Crippen LogP contribution < -0.4 is 0 Å². The molecule has 0 heterocycles. The molecule has 0 aliphatic carbocycles. The number of nitro benzene ring substituents is 4. The van der Waals surface area contributed by atoms with Gasteiger partial charge in [-0.2, -0.15) is 0 Å². The summed E-state index contributed by atoms with van der Waals surface area (Å²) in [5.74, 6) is 0. The third kappa shape index (κ3) is 7.94. The van der Waals surface area contributed by atoms with Crippen LogP contribution in [0.25, 0.3) is 55.7 Å². The van der Waals surface area contributed by atoms with Crippen LogP contribution in [0.4, 0.5) is 22.7 Å². The van der Waals surface area contributed by atoms with Crippen molar-refractivity contribution in [1.82, 2.24) is 0 Å². The quantitative estimate of drug-likeness (QED) is 0.0665. The van der Waals surface area contributed by atoms with Crippen molar-refractivity contribution in [2.45, 2.75) is 0 Å². The van der Waals surface area contributed by atoms with Gasteiger partial charge in [0, 0.05) is 48.5 Å². The zero-order chi connectivity index (χ0) is 43.3. The van der Waals surface area contributed by atoms with E-state index in [9.17, 15) is 40.5 Å². The second-order valence-electron chi connectivity index (χ2n) is 14.2. The van der Waals surface area contributed by atoms with E-state index in [4.69, 9.17) is 0 Å². The van der Waals surface area contributed by atoms with Crippen molar-refractivity contribution in [2.24, 2.45) is 0 Å². The summed E-state index contributed by atoms with van der Waals surface area (Å²) < 4.78 is 0. The molecule has 8 aromatic rings. The maximum atomic E-state index is 12.0. The van der Waals surface area contributed by atoms with Crippen molar-refractivity contribution in [3.63, 3.8) is 0 Å². The van der Waals surface area contributed by atoms with Crippen LogP contribution in [-0.2, 0) is 0 Å². The summed E-state index contributed by atoms with van der Waals surface area (Å²) in [7, 11) is 0. The number of rotatable bonds is 12. The van der Waals surface area contributed by atoms with Crippen LogP contribution in [0.2, 0.25) is 0 Å². The third-order valence-electron chi connectivity index (χ3n) is 10.5. The molecular formula is C50H32N4O8. The molecule has 0 fully saturated rings. The molecule has 0 atom stereocenters. The number of hydrogen-bond donors (Lipinski definition) is 0. The van der Waals surface area contributed by atoms with Crippen LogP contribution in [-0.4, -0.2) is 19.7 Å². The van der Waals surface area contributed by atoms with Gasteiger partial charge in [0.1, 0.15) is 0 Å². The molecule has 300 valence electrons. The Morgan fingerprint density at radius 2 is 0.597 bits per heavy atom. The molecule has 0 aliphatic rings. The molecule has 0 bridgehead atoms. The average Bonchev–Trinajstić information content (AvgIpc) is 3.31. The minimum absolute atomic E-state index is 0.135. The van der Waals surface area contributed by atoms with Crippen molar-refractivity contribution >= 4 is 33.9 Å². The molecule has 62 heavy (non-hydrogen) atoms. The van der Waals surface area contributed by atoms with Crippen molar-refractivity contribution in [1.29, 1.82) is 0 Å². The van der Waals surface area contributed by atoms with E-state index < -0.39 is 19.7 Å². The molecule has 0 N–H and O–H groups in total. The Bertz CT molecular complexity index is 2970. The summed E-state index contributed by atoms with van der Waals surface area (Å²) in [6, 6.07) is 55.6. The first-order valence-corrected chi connectivity index (χ1v) is 19.2. The molecule has 12 heteroatoms. The normalized spacial score (nSPS) is 10.8. The molecule has 0 saturated heterocycles. The van der Waals surface area contributed by atoms with Crippen molar-refractivity contribution < 1.29 is 19.7 Å². The van der Waals surface area contributed by atoms with Gasteiger partial charge in [-0.3, -0.25) is 40.5 Å². The van der Waals surface area contributed by atoms with E-state index in [0.29, 0.717) is 50.1 Å². The zero-order valence-electron chi connectivity index (χ0n) is 32.5. The molecule has 0 amide bonds. The summed E-state index contributed by atoms with van der Waals surface area (Å²) in [6.45, 7) is 0. The van der Waals surface area contributed by atoms with Crippen LogP contribution in [0.15, 0.2) is 194 Å². The topological polar surface area (TPSA) is 173 Å². The van der Waals surface area contributed by atoms with E-state index in [1.54, 1.807) is 48.5 Å². The molecule has 0 radical (unpaired) electrons. The van der Waals surface area contributed by atoms with E-state index in [1.165, 1.54) is 48.5 Å². The minimum atomic E-state index is -0.505. The largest absolute Gasteiger partial charge is 0.269 e. The van der Waals surface area contributed by atoms with E-state index in [1.807, 2.05) is 97.1 Å². The van der Waals surface area contributed by atoms with Crippen molar-refractivity contribution in [2.75, 3.05) is 0 Å². The Hall–Kier alpha value is -8.90. The Kier molecular flexibility index (Phi) is 11.0. The molecule has 0 unspecified atom stereocenters. The van der Waals surface area contributed by atoms with Gasteiger partial charge in [-0.1, -0.05) is 91.0 Å². The van der Waals surface area contributed by atoms with E-state index in [0.717, 1.165) is 27.8 Å². The van der Waals surface area contributed by atoms with E-state index in [2.05, 4.69) is 0 Å². The number of nitrogens with zero attached hydrogens (tertiary/aromatic N) is 4. The van der Waals surface area contributed by atoms with Gasteiger partial charge in [0.25, 0.3) is 22.7 Å². The van der Waals surface area contributed by atoms with Gasteiger partial charge in [0.05, 0.1) is 19.7 Å². The molecule has 0 saturated carbocycles. The second-order valence-corrected chi connectivity index (χ2v) is 14.2. The first-order valence-electron chi connectivity index (χ1n) is 19.2. The highest BCUT2D eigenvalue weighted by Gasteiger charge is 2.28. The van der Waals surface area contributed by atoms with Gasteiger partial charge in [-0.15, -0.1) is 0 Å². The minimum Gasteiger partial charge on any atom is -0.258 e. The van der Waals surface area contributed by atoms with Gasteiger partial charge in [-0.25, -0.2) is 0 Å². The van der Waals surface area contributed by atoms with E-state index >= 15 is 0 Å². The SMILES string of the molecule is O=[N+]([O-])c1ccc(-c2cc(C(=C(c3ccccc3)c3ccccc3)c3ccccc3)c(-c3ccc([N+](=O)[O-])cc3)c(-c3ccc([N+](=O)[O-])cc3)c2-c2ccc([N+](=O)[O-])cc2)cc1. The number of hydrogen-bond acceptors (Lipinski definition) is 8. The number of benzene rings is 8. The third-order valence-corrected chi connectivity index (χ3v) is 10.5. The standard InChI is InChI=1S/C50H32N4O8/c55-51(56)40-24-16-33(17-25-40)44-32-45(48(36-14-8-3-9-15-36)46(34-10-4-1-5-11-34)35-12-6-2-7-13-35)49(38-20-28-42(29-21-38)53(59)60)50(39-22-30-43(31-23-39)54(61)62)47(44)37-18-26-41(27-19-37)52(57)58/h1-32H. The molecule has 0 aromatic heterocycles. The summed E-state index contributed by atoms with van der Waals surface area (Å²) in [6.07, 6.45) is 0. The highest BCUT2D eigenvalue weighted by atomic mass is 16.6. The van der Waals surface area contributed by atoms with Crippen molar-refractivity contribution in [3.05, 3.63) is 257 Å². The fourth-order valence-electron chi connectivity index (χ4n) is 7.71. The summed E-state index contributed by atoms with van der Waals surface area (Å²) in [4.78, 5) is 45.9. The Morgan fingerprint density at radius 3 is 0.935 bits per heavy atom. The van der Waals surface area contributed by atoms with Gasteiger partial charge in [-0.05, 0) is 133 Å². The average molecular weight is 817 g/mol. The highest BCUT2D eigenvalue weighted by Crippen LogP contribution is 2.52. The Morgan fingerprint density at radius 1 is 0.306 bits per heavy atom. The Labute approximate surface area is 353 Å². The number of nitro groups is 4. The molecule has 0 spiro atoms. The predicted octanol–water partition coefficient (Wildman–Crippen LogP) is 13.0. The first-order chi connectivity index (χ1) is 30.1. The smallest absolute Gasteiger partial charge is 0.258 e. The van der Waals surface area contributed by atoms with Crippen LogP contribution in [0.5, 0.6) is 0 Å². The van der Waals surface area contributed by atoms with Crippen LogP contribution in [0.1, 0.15) is 22.3 Å². The monoisotopic (exact) mass is 816 g/mol. The van der Waals surface area contributed by atoms with Gasteiger partial charge in [0.2, 0.25) is 0 Å². The van der Waals surface area contributed by atoms with Crippen LogP contribution in [0, 0.1) is 40.5 Å². The van der Waals surface area contributed by atoms with Crippen LogP contribution in [0.3, 0.4) is 0 Å². The lowest BCUT2D eigenvalue weighted by molar-refractivity contribution is -0.385. The molecular weight excluding hydrogens is 785 g/mol. The summed E-state index contributed by atoms with van der Waals surface area (Å²) in [5.41, 5.74) is 8.68. The molecule has 8 rings (SSSR count). The van der Waals surface area contributed by atoms with Gasteiger partial charge >= 0.3 is 0 Å².